The van der Waals surface area contributed by atoms with Gasteiger partial charge in [-0.15, -0.1) is 17.9 Å². The van der Waals surface area contributed by atoms with E-state index in [0.717, 1.165) is 28.9 Å². The smallest absolute Gasteiger partial charge is 0.243 e. The summed E-state index contributed by atoms with van der Waals surface area (Å²) >= 11 is 1.69. The van der Waals surface area contributed by atoms with E-state index in [-0.39, 0.29) is 35.3 Å². The molecule has 0 N–H and O–H groups in total. The molecule has 3 aromatic rings. The molecule has 196 valence electrons. The lowest BCUT2D eigenvalue weighted by Gasteiger charge is -2.37. The van der Waals surface area contributed by atoms with Gasteiger partial charge in [0.05, 0.1) is 24.6 Å². The Kier molecular flexibility index (Phi) is 7.92. The molecule has 0 radical (unpaired) electrons. The molecule has 0 aliphatic carbocycles. The van der Waals surface area contributed by atoms with Crippen LogP contribution in [-0.4, -0.2) is 50.3 Å². The summed E-state index contributed by atoms with van der Waals surface area (Å²) in [6.45, 7) is 10.3. The first-order valence-electron chi connectivity index (χ1n) is 12.3. The van der Waals surface area contributed by atoms with Gasteiger partial charge in [-0.2, -0.15) is 4.31 Å². The van der Waals surface area contributed by atoms with Crippen molar-refractivity contribution in [1.82, 2.24) is 9.21 Å². The van der Waals surface area contributed by atoms with E-state index in [1.165, 1.54) is 15.3 Å². The van der Waals surface area contributed by atoms with Crippen LogP contribution in [0.4, 0.5) is 0 Å². The number of ether oxygens (including phenoxy) is 1. The SMILES string of the molecule is C=CCN(CC(=O)N1CCc2sccc2C1c1ccc(OC)cc1)S(=O)(=O)c1ccc(C(C)(C)C)cc1. The van der Waals surface area contributed by atoms with Crippen molar-refractivity contribution in [2.24, 2.45) is 0 Å². The summed E-state index contributed by atoms with van der Waals surface area (Å²) in [6, 6.07) is 16.4. The number of thiophene rings is 1. The second kappa shape index (κ2) is 10.8. The molecule has 1 aliphatic heterocycles. The number of carbonyl (C=O) groups excluding carboxylic acids is 1. The van der Waals surface area contributed by atoms with Crippen LogP contribution >= 0.6 is 11.3 Å². The fraction of sp³-hybridized carbons (Fsp3) is 0.345. The van der Waals surface area contributed by atoms with Gasteiger partial charge in [0.1, 0.15) is 5.75 Å². The van der Waals surface area contributed by atoms with Crippen molar-refractivity contribution < 1.29 is 17.9 Å². The minimum absolute atomic E-state index is 0.0415. The maximum atomic E-state index is 13.7. The third-order valence-electron chi connectivity index (χ3n) is 6.72. The summed E-state index contributed by atoms with van der Waals surface area (Å²) in [5, 5.41) is 2.05. The second-order valence-electron chi connectivity index (χ2n) is 10.2. The first-order valence-corrected chi connectivity index (χ1v) is 14.6. The number of carbonyl (C=O) groups is 1. The van der Waals surface area contributed by atoms with E-state index < -0.39 is 10.0 Å². The van der Waals surface area contributed by atoms with Crippen molar-refractivity contribution in [3.63, 3.8) is 0 Å². The third kappa shape index (κ3) is 5.66. The minimum atomic E-state index is -3.90. The highest BCUT2D eigenvalue weighted by atomic mass is 32.2. The van der Waals surface area contributed by atoms with E-state index in [1.54, 1.807) is 35.5 Å². The maximum absolute atomic E-state index is 13.7. The lowest BCUT2D eigenvalue weighted by molar-refractivity contribution is -0.133. The Morgan fingerprint density at radius 3 is 2.41 bits per heavy atom. The standard InChI is InChI=1S/C29H34N2O4S2/c1-6-17-30(37(33,34)24-13-9-22(10-14-24)29(2,3)4)20-27(32)31-18-15-26-25(16-19-36-26)28(31)21-7-11-23(35-5)12-8-21/h6-14,16,19,28H,1,15,17-18,20H2,2-5H3. The lowest BCUT2D eigenvalue weighted by Crippen LogP contribution is -2.46. The average molecular weight is 539 g/mol. The number of nitrogens with zero attached hydrogens (tertiary/aromatic N) is 2. The van der Waals surface area contributed by atoms with Gasteiger partial charge in [0.2, 0.25) is 15.9 Å². The Morgan fingerprint density at radius 1 is 1.14 bits per heavy atom. The van der Waals surface area contributed by atoms with Crippen LogP contribution in [0.5, 0.6) is 5.75 Å². The summed E-state index contributed by atoms with van der Waals surface area (Å²) < 4.78 is 33.7. The fourth-order valence-electron chi connectivity index (χ4n) is 4.64. The Morgan fingerprint density at radius 2 is 1.81 bits per heavy atom. The van der Waals surface area contributed by atoms with Gasteiger partial charge >= 0.3 is 0 Å². The first kappa shape index (κ1) is 27.1. The number of amides is 1. The number of benzene rings is 2. The quantitative estimate of drug-likeness (QED) is 0.360. The van der Waals surface area contributed by atoms with Gasteiger partial charge in [-0.25, -0.2) is 8.42 Å². The van der Waals surface area contributed by atoms with Crippen LogP contribution in [0.1, 0.15) is 48.4 Å². The van der Waals surface area contributed by atoms with E-state index in [1.807, 2.05) is 41.8 Å². The lowest BCUT2D eigenvalue weighted by atomic mass is 9.87. The Bertz CT molecular complexity index is 1350. The van der Waals surface area contributed by atoms with Crippen molar-refractivity contribution in [1.29, 1.82) is 0 Å². The number of methoxy groups -OCH3 is 1. The summed E-state index contributed by atoms with van der Waals surface area (Å²) in [4.78, 5) is 17.0. The van der Waals surface area contributed by atoms with Gasteiger partial charge in [0, 0.05) is 18.0 Å². The van der Waals surface area contributed by atoms with E-state index in [2.05, 4.69) is 33.4 Å². The molecule has 0 saturated heterocycles. The van der Waals surface area contributed by atoms with E-state index in [0.29, 0.717) is 6.54 Å². The molecule has 0 fully saturated rings. The highest BCUT2D eigenvalue weighted by Crippen LogP contribution is 2.38. The molecule has 1 aliphatic rings. The Hall–Kier alpha value is -2.94. The molecule has 0 saturated carbocycles. The molecule has 8 heteroatoms. The zero-order chi connectivity index (χ0) is 26.8. The summed E-state index contributed by atoms with van der Waals surface area (Å²) in [5.74, 6) is 0.498. The summed E-state index contributed by atoms with van der Waals surface area (Å²) in [6.07, 6.45) is 2.26. The molecule has 0 spiro atoms. The van der Waals surface area contributed by atoms with Crippen LogP contribution < -0.4 is 4.74 Å². The molecule has 0 bridgehead atoms. The van der Waals surface area contributed by atoms with Crippen LogP contribution in [0.25, 0.3) is 0 Å². The van der Waals surface area contributed by atoms with Gasteiger partial charge < -0.3 is 9.64 Å². The fourth-order valence-corrected chi connectivity index (χ4v) is 6.90. The van der Waals surface area contributed by atoms with Crippen molar-refractivity contribution >= 4 is 27.3 Å². The van der Waals surface area contributed by atoms with E-state index in [9.17, 15) is 13.2 Å². The molecule has 2 aromatic carbocycles. The summed E-state index contributed by atoms with van der Waals surface area (Å²) in [5.41, 5.74) is 3.00. The second-order valence-corrected chi connectivity index (χ2v) is 13.1. The number of rotatable bonds is 8. The van der Waals surface area contributed by atoms with Crippen LogP contribution in [0.3, 0.4) is 0 Å². The zero-order valence-corrected chi connectivity index (χ0v) is 23.4. The Balaban J connectivity index is 1.63. The van der Waals surface area contributed by atoms with Crippen molar-refractivity contribution in [2.45, 2.75) is 43.5 Å². The van der Waals surface area contributed by atoms with Crippen LogP contribution in [0.2, 0.25) is 0 Å². The molecule has 1 amide bonds. The van der Waals surface area contributed by atoms with Crippen molar-refractivity contribution in [2.75, 3.05) is 26.7 Å². The molecule has 2 heterocycles. The average Bonchev–Trinajstić information content (AvgIpc) is 3.36. The molecular weight excluding hydrogens is 504 g/mol. The molecular formula is C29H34N2O4S2. The number of hydrogen-bond donors (Lipinski definition) is 0. The maximum Gasteiger partial charge on any atom is 0.243 e. The van der Waals surface area contributed by atoms with Crippen LogP contribution in [0.15, 0.2) is 77.5 Å². The largest absolute Gasteiger partial charge is 0.497 e. The number of sulfonamides is 1. The highest BCUT2D eigenvalue weighted by molar-refractivity contribution is 7.89. The third-order valence-corrected chi connectivity index (χ3v) is 9.54. The predicted octanol–water partition coefficient (Wildman–Crippen LogP) is 5.41. The van der Waals surface area contributed by atoms with E-state index >= 15 is 0 Å². The molecule has 1 aromatic heterocycles. The summed E-state index contributed by atoms with van der Waals surface area (Å²) in [7, 11) is -2.28. The predicted molar refractivity (Wildman–Crippen MR) is 149 cm³/mol. The van der Waals surface area contributed by atoms with Gasteiger partial charge in [0.25, 0.3) is 0 Å². The van der Waals surface area contributed by atoms with Crippen molar-refractivity contribution in [3.8, 4) is 5.75 Å². The molecule has 4 rings (SSSR count). The van der Waals surface area contributed by atoms with E-state index in [4.69, 9.17) is 4.74 Å². The van der Waals surface area contributed by atoms with Crippen molar-refractivity contribution in [3.05, 3.63) is 94.2 Å². The highest BCUT2D eigenvalue weighted by Gasteiger charge is 2.35. The van der Waals surface area contributed by atoms with Gasteiger partial charge in [-0.05, 0) is 64.2 Å². The molecule has 6 nitrogen and oxygen atoms in total. The van der Waals surface area contributed by atoms with Crippen LogP contribution in [-0.2, 0) is 26.7 Å². The molecule has 1 unspecified atom stereocenters. The Labute approximate surface area is 224 Å². The molecule has 1 atom stereocenters. The van der Waals surface area contributed by atoms with Crippen LogP contribution in [0, 0.1) is 0 Å². The van der Waals surface area contributed by atoms with Gasteiger partial charge in [-0.3, -0.25) is 4.79 Å². The minimum Gasteiger partial charge on any atom is -0.497 e. The first-order chi connectivity index (χ1) is 17.6. The topological polar surface area (TPSA) is 66.9 Å². The number of hydrogen-bond acceptors (Lipinski definition) is 5. The zero-order valence-electron chi connectivity index (χ0n) is 21.8. The normalized spacial score (nSPS) is 15.9. The monoisotopic (exact) mass is 538 g/mol. The number of fused-ring (bicyclic) bond motifs is 1. The van der Waals surface area contributed by atoms with Gasteiger partial charge in [0.15, 0.2) is 0 Å². The molecule has 37 heavy (non-hydrogen) atoms. The van der Waals surface area contributed by atoms with Gasteiger partial charge in [-0.1, -0.05) is 51.1 Å².